The smallest absolute Gasteiger partial charge is 0.270 e. The minimum atomic E-state index is -0.538. The molecule has 114 valence electrons. The van der Waals surface area contributed by atoms with Gasteiger partial charge in [0.2, 0.25) is 0 Å². The monoisotopic (exact) mass is 311 g/mol. The maximum absolute atomic E-state index is 12.1. The zero-order valence-corrected chi connectivity index (χ0v) is 12.6. The van der Waals surface area contributed by atoms with Crippen LogP contribution in [-0.4, -0.2) is 41.9 Å². The molecule has 0 aliphatic carbocycles. The lowest BCUT2D eigenvalue weighted by Crippen LogP contribution is -2.31. The SMILES string of the molecule is CCN1CCC(CNC(=O)c2cc([N+](=O)[O-])ccc2Cl)C1. The Morgan fingerprint density at radius 3 is 2.95 bits per heavy atom. The minimum absolute atomic E-state index is 0.137. The van der Waals surface area contributed by atoms with Crippen LogP contribution in [-0.2, 0) is 0 Å². The Kier molecular flexibility index (Phi) is 5.14. The van der Waals surface area contributed by atoms with Gasteiger partial charge in [-0.15, -0.1) is 0 Å². The lowest BCUT2D eigenvalue weighted by atomic mass is 10.1. The molecule has 7 heteroatoms. The van der Waals surface area contributed by atoms with Crippen molar-refractivity contribution in [3.63, 3.8) is 0 Å². The summed E-state index contributed by atoms with van der Waals surface area (Å²) in [6.45, 7) is 5.72. The van der Waals surface area contributed by atoms with Crippen LogP contribution >= 0.6 is 11.6 Å². The lowest BCUT2D eigenvalue weighted by molar-refractivity contribution is -0.384. The Morgan fingerprint density at radius 1 is 1.57 bits per heavy atom. The molecule has 6 nitrogen and oxygen atoms in total. The Bertz CT molecular complexity index is 550. The van der Waals surface area contributed by atoms with Gasteiger partial charge >= 0.3 is 0 Å². The normalized spacial score (nSPS) is 18.7. The Balaban J connectivity index is 1.97. The fraction of sp³-hybridized carbons (Fsp3) is 0.500. The summed E-state index contributed by atoms with van der Waals surface area (Å²) in [7, 11) is 0. The van der Waals surface area contributed by atoms with Crippen LogP contribution < -0.4 is 5.32 Å². The molecule has 0 aromatic heterocycles. The van der Waals surface area contributed by atoms with E-state index in [0.29, 0.717) is 12.5 Å². The van der Waals surface area contributed by atoms with Crippen molar-refractivity contribution in [3.8, 4) is 0 Å². The number of carbonyl (C=O) groups excluding carboxylic acids is 1. The molecule has 0 spiro atoms. The summed E-state index contributed by atoms with van der Waals surface area (Å²) in [6.07, 6.45) is 1.05. The molecular weight excluding hydrogens is 294 g/mol. The summed E-state index contributed by atoms with van der Waals surface area (Å²) in [4.78, 5) is 24.7. The van der Waals surface area contributed by atoms with Gasteiger partial charge in [-0.1, -0.05) is 18.5 Å². The summed E-state index contributed by atoms with van der Waals surface area (Å²) in [5.74, 6) is 0.0602. The number of rotatable bonds is 5. The van der Waals surface area contributed by atoms with Crippen LogP contribution in [0.5, 0.6) is 0 Å². The van der Waals surface area contributed by atoms with Crippen molar-refractivity contribution in [1.29, 1.82) is 0 Å². The highest BCUT2D eigenvalue weighted by molar-refractivity contribution is 6.33. The Morgan fingerprint density at radius 2 is 2.33 bits per heavy atom. The second-order valence-corrected chi connectivity index (χ2v) is 5.59. The molecule has 1 unspecified atom stereocenters. The molecule has 2 rings (SSSR count). The zero-order chi connectivity index (χ0) is 15.4. The van der Waals surface area contributed by atoms with Gasteiger partial charge in [0.15, 0.2) is 0 Å². The largest absolute Gasteiger partial charge is 0.352 e. The van der Waals surface area contributed by atoms with Crippen LogP contribution in [0.3, 0.4) is 0 Å². The Hall–Kier alpha value is -1.66. The molecule has 1 aliphatic heterocycles. The molecule has 0 saturated carbocycles. The van der Waals surface area contributed by atoms with E-state index in [2.05, 4.69) is 17.1 Å². The predicted octanol–water partition coefficient (Wildman–Crippen LogP) is 2.32. The van der Waals surface area contributed by atoms with Gasteiger partial charge in [-0.2, -0.15) is 0 Å². The van der Waals surface area contributed by atoms with Gasteiger partial charge in [0.05, 0.1) is 15.5 Å². The Labute approximate surface area is 128 Å². The number of likely N-dealkylation sites (tertiary alicyclic amines) is 1. The van der Waals surface area contributed by atoms with E-state index in [1.54, 1.807) is 0 Å². The van der Waals surface area contributed by atoms with E-state index in [-0.39, 0.29) is 22.2 Å². The highest BCUT2D eigenvalue weighted by Crippen LogP contribution is 2.22. The number of carbonyl (C=O) groups is 1. The molecule has 1 amide bonds. The summed E-state index contributed by atoms with van der Waals surface area (Å²) >= 11 is 5.95. The number of nitrogens with zero attached hydrogens (tertiary/aromatic N) is 2. The fourth-order valence-electron chi connectivity index (χ4n) is 2.50. The second-order valence-electron chi connectivity index (χ2n) is 5.18. The first-order chi connectivity index (χ1) is 10.0. The summed E-state index contributed by atoms with van der Waals surface area (Å²) in [6, 6.07) is 3.88. The fourth-order valence-corrected chi connectivity index (χ4v) is 2.70. The molecule has 1 fully saturated rings. The van der Waals surface area contributed by atoms with Crippen molar-refractivity contribution >= 4 is 23.2 Å². The quantitative estimate of drug-likeness (QED) is 0.669. The number of non-ortho nitro benzene ring substituents is 1. The molecule has 1 atom stereocenters. The van der Waals surface area contributed by atoms with E-state index >= 15 is 0 Å². The third kappa shape index (κ3) is 3.92. The second kappa shape index (κ2) is 6.87. The van der Waals surface area contributed by atoms with Crippen molar-refractivity contribution in [2.75, 3.05) is 26.2 Å². The summed E-state index contributed by atoms with van der Waals surface area (Å²) < 4.78 is 0. The van der Waals surface area contributed by atoms with Crippen LogP contribution in [0.2, 0.25) is 5.02 Å². The van der Waals surface area contributed by atoms with Gasteiger partial charge in [-0.05, 0) is 31.5 Å². The van der Waals surface area contributed by atoms with E-state index in [9.17, 15) is 14.9 Å². The first-order valence-corrected chi connectivity index (χ1v) is 7.33. The highest BCUT2D eigenvalue weighted by Gasteiger charge is 2.22. The predicted molar refractivity (Wildman–Crippen MR) is 80.7 cm³/mol. The first-order valence-electron chi connectivity index (χ1n) is 6.95. The number of nitrogens with one attached hydrogen (secondary N) is 1. The van der Waals surface area contributed by atoms with Gasteiger partial charge in [0.25, 0.3) is 11.6 Å². The average Bonchev–Trinajstić information content (AvgIpc) is 2.93. The van der Waals surface area contributed by atoms with Gasteiger partial charge in [0.1, 0.15) is 0 Å². The molecule has 0 radical (unpaired) electrons. The van der Waals surface area contributed by atoms with Crippen molar-refractivity contribution in [1.82, 2.24) is 10.2 Å². The van der Waals surface area contributed by atoms with E-state index < -0.39 is 4.92 Å². The number of nitro benzene ring substituents is 1. The number of nitro groups is 1. The van der Waals surface area contributed by atoms with E-state index in [1.165, 1.54) is 18.2 Å². The van der Waals surface area contributed by atoms with Crippen molar-refractivity contribution < 1.29 is 9.72 Å². The van der Waals surface area contributed by atoms with Gasteiger partial charge < -0.3 is 10.2 Å². The number of hydrogen-bond acceptors (Lipinski definition) is 4. The molecule has 21 heavy (non-hydrogen) atoms. The number of amides is 1. The maximum Gasteiger partial charge on any atom is 0.270 e. The molecule has 0 bridgehead atoms. The van der Waals surface area contributed by atoms with Gasteiger partial charge in [-0.25, -0.2) is 0 Å². The first kappa shape index (κ1) is 15.7. The molecule has 1 aromatic rings. The maximum atomic E-state index is 12.1. The third-order valence-electron chi connectivity index (χ3n) is 3.77. The highest BCUT2D eigenvalue weighted by atomic mass is 35.5. The van der Waals surface area contributed by atoms with Crippen LogP contribution in [0.25, 0.3) is 0 Å². The van der Waals surface area contributed by atoms with E-state index in [4.69, 9.17) is 11.6 Å². The average molecular weight is 312 g/mol. The van der Waals surface area contributed by atoms with Crippen LogP contribution in [0, 0.1) is 16.0 Å². The summed E-state index contributed by atoms with van der Waals surface area (Å²) in [5, 5.41) is 13.8. The van der Waals surface area contributed by atoms with Crippen LogP contribution in [0.1, 0.15) is 23.7 Å². The zero-order valence-electron chi connectivity index (χ0n) is 11.8. The van der Waals surface area contributed by atoms with Crippen molar-refractivity contribution in [2.24, 2.45) is 5.92 Å². The van der Waals surface area contributed by atoms with Crippen LogP contribution in [0.15, 0.2) is 18.2 Å². The van der Waals surface area contributed by atoms with Gasteiger partial charge in [0, 0.05) is 25.2 Å². The standard InChI is InChI=1S/C14H18ClN3O3/c1-2-17-6-5-10(9-17)8-16-14(19)12-7-11(18(20)21)3-4-13(12)15/h3-4,7,10H,2,5-6,8-9H2,1H3,(H,16,19). The molecular formula is C14H18ClN3O3. The van der Waals surface area contributed by atoms with Gasteiger partial charge in [-0.3, -0.25) is 14.9 Å². The molecule has 1 N–H and O–H groups in total. The lowest BCUT2D eigenvalue weighted by Gasteiger charge is -2.14. The number of benzene rings is 1. The van der Waals surface area contributed by atoms with Crippen LogP contribution in [0.4, 0.5) is 5.69 Å². The summed E-state index contributed by atoms with van der Waals surface area (Å²) in [5.41, 5.74) is 0.0128. The number of hydrogen-bond donors (Lipinski definition) is 1. The van der Waals surface area contributed by atoms with E-state index in [1.807, 2.05) is 0 Å². The molecule has 1 aromatic carbocycles. The van der Waals surface area contributed by atoms with Crippen molar-refractivity contribution in [3.05, 3.63) is 38.9 Å². The van der Waals surface area contributed by atoms with Crippen molar-refractivity contribution in [2.45, 2.75) is 13.3 Å². The third-order valence-corrected chi connectivity index (χ3v) is 4.10. The molecule has 1 aliphatic rings. The minimum Gasteiger partial charge on any atom is -0.352 e. The molecule has 1 heterocycles. The number of halogens is 1. The topological polar surface area (TPSA) is 75.5 Å². The van der Waals surface area contributed by atoms with E-state index in [0.717, 1.165) is 26.1 Å². The molecule has 1 saturated heterocycles.